The molecule has 0 saturated heterocycles. The molecule has 0 aliphatic heterocycles. The summed E-state index contributed by atoms with van der Waals surface area (Å²) in [6, 6.07) is 10.4. The number of fused-ring (bicyclic) bond motifs is 1. The molecule has 0 fully saturated rings. The van der Waals surface area contributed by atoms with Crippen LogP contribution in [0.5, 0.6) is 0 Å². The maximum Gasteiger partial charge on any atom is 0.243 e. The molecule has 0 bridgehead atoms. The summed E-state index contributed by atoms with van der Waals surface area (Å²) in [5.41, 5.74) is 2.30. The van der Waals surface area contributed by atoms with Crippen LogP contribution in [0.1, 0.15) is 5.69 Å². The molecule has 7 nitrogen and oxygen atoms in total. The molecule has 1 aromatic heterocycles. The van der Waals surface area contributed by atoms with Crippen molar-refractivity contribution in [2.24, 2.45) is 4.99 Å². The topological polar surface area (TPSA) is 81.8 Å². The number of hydrogen-bond donors (Lipinski definition) is 3. The van der Waals surface area contributed by atoms with Crippen LogP contribution in [0, 0.1) is 0 Å². The highest BCUT2D eigenvalue weighted by molar-refractivity contribution is 5.84. The first-order chi connectivity index (χ1) is 12.1. The van der Waals surface area contributed by atoms with E-state index in [0.29, 0.717) is 25.7 Å². The van der Waals surface area contributed by atoms with Crippen molar-refractivity contribution in [3.05, 3.63) is 36.0 Å². The molecule has 0 aliphatic carbocycles. The largest absolute Gasteiger partial charge is 0.383 e. The number of benzene rings is 1. The zero-order valence-corrected chi connectivity index (χ0v) is 15.1. The number of para-hydroxylation sites is 1. The summed E-state index contributed by atoms with van der Waals surface area (Å²) in [4.78, 5) is 21.0. The zero-order chi connectivity index (χ0) is 18.1. The number of hydrogen-bond acceptors (Lipinski definition) is 3. The van der Waals surface area contributed by atoms with Gasteiger partial charge in [0.05, 0.1) is 6.61 Å². The van der Waals surface area contributed by atoms with Crippen LogP contribution in [0.2, 0.25) is 0 Å². The van der Waals surface area contributed by atoms with Crippen molar-refractivity contribution in [2.75, 3.05) is 47.4 Å². The third-order valence-electron chi connectivity index (χ3n) is 3.74. The van der Waals surface area contributed by atoms with Crippen LogP contribution in [0.4, 0.5) is 0 Å². The third-order valence-corrected chi connectivity index (χ3v) is 3.74. The molecule has 0 radical (unpaired) electrons. The Labute approximate surface area is 148 Å². The summed E-state index contributed by atoms with van der Waals surface area (Å²) in [5, 5.41) is 7.63. The summed E-state index contributed by atoms with van der Waals surface area (Å²) in [6.07, 6.45) is 0.835. The lowest BCUT2D eigenvalue weighted by molar-refractivity contribution is -0.127. The van der Waals surface area contributed by atoms with E-state index in [-0.39, 0.29) is 12.5 Å². The number of aromatic nitrogens is 1. The number of likely N-dealkylation sites (N-methyl/N-ethyl adjacent to an activating group) is 1. The van der Waals surface area contributed by atoms with Gasteiger partial charge in [-0.3, -0.25) is 4.79 Å². The van der Waals surface area contributed by atoms with Gasteiger partial charge in [0, 0.05) is 51.9 Å². The van der Waals surface area contributed by atoms with Crippen molar-refractivity contribution < 1.29 is 9.53 Å². The van der Waals surface area contributed by atoms with Gasteiger partial charge in [-0.25, -0.2) is 4.99 Å². The Hall–Kier alpha value is -2.54. The molecule has 7 heteroatoms. The van der Waals surface area contributed by atoms with E-state index >= 15 is 0 Å². The standard InChI is InChI=1S/C18H27N5O2/c1-23(2)17(24)13-21-18(20-10-11-25-3)19-9-8-15-12-14-6-4-5-7-16(14)22-15/h4-7,12,22H,8-11,13H2,1-3H3,(H2,19,20,21). The van der Waals surface area contributed by atoms with E-state index in [0.717, 1.165) is 17.6 Å². The highest BCUT2D eigenvalue weighted by Crippen LogP contribution is 2.14. The van der Waals surface area contributed by atoms with Gasteiger partial charge in [-0.15, -0.1) is 0 Å². The average molecular weight is 345 g/mol. The lowest BCUT2D eigenvalue weighted by Gasteiger charge is -2.13. The molecule has 25 heavy (non-hydrogen) atoms. The molecule has 0 saturated carbocycles. The predicted octanol–water partition coefficient (Wildman–Crippen LogP) is 0.980. The molecule has 136 valence electrons. The molecule has 0 spiro atoms. The lowest BCUT2D eigenvalue weighted by Crippen LogP contribution is -2.40. The lowest BCUT2D eigenvalue weighted by atomic mass is 10.2. The van der Waals surface area contributed by atoms with Crippen molar-refractivity contribution in [1.82, 2.24) is 20.5 Å². The normalized spacial score (nSPS) is 11.6. The Morgan fingerprint density at radius 1 is 1.24 bits per heavy atom. The van der Waals surface area contributed by atoms with Gasteiger partial charge in [0.25, 0.3) is 0 Å². The van der Waals surface area contributed by atoms with Crippen molar-refractivity contribution in [1.29, 1.82) is 0 Å². The van der Waals surface area contributed by atoms with Crippen LogP contribution in [-0.4, -0.2) is 69.2 Å². The first-order valence-corrected chi connectivity index (χ1v) is 8.38. The Bertz CT molecular complexity index is 675. The van der Waals surface area contributed by atoms with Crippen LogP contribution >= 0.6 is 0 Å². The Morgan fingerprint density at radius 3 is 2.72 bits per heavy atom. The average Bonchev–Trinajstić information content (AvgIpc) is 3.01. The number of aromatic amines is 1. The van der Waals surface area contributed by atoms with Crippen LogP contribution in [0.25, 0.3) is 10.9 Å². The number of nitrogens with zero attached hydrogens (tertiary/aromatic N) is 2. The van der Waals surface area contributed by atoms with E-state index in [9.17, 15) is 4.79 Å². The van der Waals surface area contributed by atoms with Gasteiger partial charge in [-0.1, -0.05) is 18.2 Å². The van der Waals surface area contributed by atoms with E-state index in [1.54, 1.807) is 21.2 Å². The second-order valence-corrected chi connectivity index (χ2v) is 5.93. The molecule has 1 aromatic carbocycles. The molecule has 2 rings (SSSR count). The summed E-state index contributed by atoms with van der Waals surface area (Å²) >= 11 is 0. The summed E-state index contributed by atoms with van der Waals surface area (Å²) in [5.74, 6) is 0.576. The van der Waals surface area contributed by atoms with E-state index in [2.05, 4.69) is 38.8 Å². The Morgan fingerprint density at radius 2 is 2.00 bits per heavy atom. The second-order valence-electron chi connectivity index (χ2n) is 5.93. The number of ether oxygens (including phenoxy) is 1. The van der Waals surface area contributed by atoms with E-state index in [1.807, 2.05) is 12.1 Å². The van der Waals surface area contributed by atoms with Crippen LogP contribution in [0.3, 0.4) is 0 Å². The number of rotatable bonds is 8. The SMILES string of the molecule is COCCNC(=NCC(=O)N(C)C)NCCc1cc2ccccc2[nH]1. The van der Waals surface area contributed by atoms with E-state index in [1.165, 1.54) is 10.3 Å². The van der Waals surface area contributed by atoms with Gasteiger partial charge >= 0.3 is 0 Å². The van der Waals surface area contributed by atoms with Gasteiger partial charge in [-0.2, -0.15) is 0 Å². The molecule has 2 aromatic rings. The highest BCUT2D eigenvalue weighted by atomic mass is 16.5. The highest BCUT2D eigenvalue weighted by Gasteiger charge is 2.05. The van der Waals surface area contributed by atoms with E-state index < -0.39 is 0 Å². The minimum absolute atomic E-state index is 0.0385. The minimum Gasteiger partial charge on any atom is -0.383 e. The number of carbonyl (C=O) groups is 1. The monoisotopic (exact) mass is 345 g/mol. The molecule has 3 N–H and O–H groups in total. The third kappa shape index (κ3) is 6.11. The van der Waals surface area contributed by atoms with Gasteiger partial charge in [0.2, 0.25) is 5.91 Å². The zero-order valence-electron chi connectivity index (χ0n) is 15.1. The van der Waals surface area contributed by atoms with Crippen molar-refractivity contribution in [3.8, 4) is 0 Å². The number of amides is 1. The molecule has 0 aliphatic rings. The number of guanidine groups is 1. The quantitative estimate of drug-likeness (QED) is 0.378. The molecule has 0 atom stereocenters. The Balaban J connectivity index is 1.88. The predicted molar refractivity (Wildman–Crippen MR) is 101 cm³/mol. The fourth-order valence-corrected chi connectivity index (χ4v) is 2.32. The molecular weight excluding hydrogens is 318 g/mol. The first kappa shape index (κ1) is 18.8. The van der Waals surface area contributed by atoms with Crippen molar-refractivity contribution in [3.63, 3.8) is 0 Å². The number of nitrogens with one attached hydrogen (secondary N) is 3. The molecule has 1 heterocycles. The smallest absolute Gasteiger partial charge is 0.243 e. The Kier molecular flexibility index (Phi) is 7.28. The van der Waals surface area contributed by atoms with Gasteiger partial charge in [0.15, 0.2) is 5.96 Å². The molecule has 1 amide bonds. The van der Waals surface area contributed by atoms with Crippen LogP contribution < -0.4 is 10.6 Å². The maximum atomic E-state index is 11.7. The van der Waals surface area contributed by atoms with Crippen molar-refractivity contribution in [2.45, 2.75) is 6.42 Å². The first-order valence-electron chi connectivity index (χ1n) is 8.38. The number of aliphatic imine (C=N–C) groups is 1. The van der Waals surface area contributed by atoms with Gasteiger partial charge in [0.1, 0.15) is 6.54 Å². The molecular formula is C18H27N5O2. The maximum absolute atomic E-state index is 11.7. The van der Waals surface area contributed by atoms with Gasteiger partial charge in [-0.05, 0) is 17.5 Å². The van der Waals surface area contributed by atoms with Crippen molar-refractivity contribution >= 4 is 22.8 Å². The number of methoxy groups -OCH3 is 1. The summed E-state index contributed by atoms with van der Waals surface area (Å²) in [6.45, 7) is 2.03. The number of carbonyl (C=O) groups excluding carboxylic acids is 1. The van der Waals surface area contributed by atoms with E-state index in [4.69, 9.17) is 4.74 Å². The molecule has 0 unspecified atom stereocenters. The second kappa shape index (κ2) is 9.68. The fourth-order valence-electron chi connectivity index (χ4n) is 2.32. The minimum atomic E-state index is -0.0385. The summed E-state index contributed by atoms with van der Waals surface area (Å²) in [7, 11) is 5.09. The fraction of sp³-hybridized carbons (Fsp3) is 0.444. The van der Waals surface area contributed by atoms with Gasteiger partial charge < -0.3 is 25.3 Å². The van der Waals surface area contributed by atoms with Crippen LogP contribution in [-0.2, 0) is 16.0 Å². The summed E-state index contributed by atoms with van der Waals surface area (Å²) < 4.78 is 5.04. The number of H-pyrrole nitrogens is 1. The van der Waals surface area contributed by atoms with Crippen LogP contribution in [0.15, 0.2) is 35.3 Å².